The average molecular weight is 694 g/mol. The number of alkyl halides is 3. The fraction of sp³-hybridized carbons (Fsp3) is 0.312. The Morgan fingerprint density at radius 1 is 0.980 bits per heavy atom. The molecule has 1 saturated carbocycles. The Morgan fingerprint density at radius 2 is 1.71 bits per heavy atom. The van der Waals surface area contributed by atoms with Crippen molar-refractivity contribution >= 4 is 29.4 Å². The number of nitrogens with one attached hydrogen (secondary N) is 2. The molecule has 1 fully saturated rings. The van der Waals surface area contributed by atoms with Gasteiger partial charge in [0.25, 0.3) is 0 Å². The monoisotopic (exact) mass is 693 g/mol. The number of halogens is 4. The third kappa shape index (κ3) is 7.85. The van der Waals surface area contributed by atoms with E-state index in [0.717, 1.165) is 11.8 Å². The molecule has 4 aromatic heterocycles. The highest BCUT2D eigenvalue weighted by atomic mass is 35.5. The van der Waals surface area contributed by atoms with E-state index in [-0.39, 0.29) is 40.8 Å². The number of methoxy groups -OCH3 is 1. The predicted molar refractivity (Wildman–Crippen MR) is 175 cm³/mol. The van der Waals surface area contributed by atoms with Crippen LogP contribution in [0.25, 0.3) is 22.6 Å². The fourth-order valence-corrected chi connectivity index (χ4v) is 5.85. The van der Waals surface area contributed by atoms with Gasteiger partial charge in [0, 0.05) is 56.0 Å². The minimum Gasteiger partial charge on any atom is -0.467 e. The highest BCUT2D eigenvalue weighted by molar-refractivity contribution is 6.32. The summed E-state index contributed by atoms with van der Waals surface area (Å²) in [5.41, 5.74) is 0.555. The van der Waals surface area contributed by atoms with Crippen molar-refractivity contribution < 1.29 is 22.7 Å². The molecule has 0 aliphatic heterocycles. The number of aromatic nitrogens is 8. The molecular weight excluding hydrogens is 663 g/mol. The molecule has 2 amide bonds. The van der Waals surface area contributed by atoms with Crippen LogP contribution in [0.4, 0.5) is 29.7 Å². The molecule has 13 nitrogen and oxygen atoms in total. The highest BCUT2D eigenvalue weighted by Crippen LogP contribution is 2.38. The van der Waals surface area contributed by atoms with Gasteiger partial charge < -0.3 is 15.4 Å². The number of hydrogen-bond acceptors (Lipinski definition) is 10. The zero-order valence-electron chi connectivity index (χ0n) is 26.4. The molecule has 4 heterocycles. The molecule has 0 spiro atoms. The molecule has 49 heavy (non-hydrogen) atoms. The van der Waals surface area contributed by atoms with Crippen LogP contribution in [0, 0.1) is 0 Å². The second-order valence-electron chi connectivity index (χ2n) is 11.3. The van der Waals surface area contributed by atoms with E-state index in [9.17, 15) is 18.0 Å². The first-order valence-electron chi connectivity index (χ1n) is 15.3. The molecule has 0 unspecified atom stereocenters. The number of anilines is 2. The van der Waals surface area contributed by atoms with Crippen LogP contribution in [-0.4, -0.2) is 64.9 Å². The van der Waals surface area contributed by atoms with Gasteiger partial charge in [-0.05, 0) is 31.2 Å². The van der Waals surface area contributed by atoms with Crippen molar-refractivity contribution in [2.45, 2.75) is 50.5 Å². The highest BCUT2D eigenvalue weighted by Gasteiger charge is 2.37. The lowest BCUT2D eigenvalue weighted by Crippen LogP contribution is -2.49. The zero-order valence-corrected chi connectivity index (χ0v) is 27.2. The number of rotatable bonds is 9. The first kappa shape index (κ1) is 33.5. The Kier molecular flexibility index (Phi) is 9.85. The number of aryl methyl sites for hydroxylation is 1. The Labute approximate surface area is 284 Å². The van der Waals surface area contributed by atoms with Crippen molar-refractivity contribution in [3.8, 4) is 28.7 Å². The number of nitrogens with zero attached hydrogens (tertiary/aromatic N) is 9. The van der Waals surface area contributed by atoms with E-state index in [2.05, 4.69) is 45.6 Å². The molecule has 0 atom stereocenters. The van der Waals surface area contributed by atoms with E-state index in [4.69, 9.17) is 16.3 Å². The summed E-state index contributed by atoms with van der Waals surface area (Å²) in [4.78, 5) is 40.8. The molecular formula is C32H31ClF3N11O2. The molecule has 17 heteroatoms. The maximum atomic E-state index is 13.8. The molecule has 0 radical (unpaired) electrons. The van der Waals surface area contributed by atoms with Crippen LogP contribution in [0.15, 0.2) is 67.5 Å². The fourth-order valence-electron chi connectivity index (χ4n) is 5.58. The molecule has 0 bridgehead atoms. The minimum atomic E-state index is -4.71. The quantitative estimate of drug-likeness (QED) is 0.190. The molecule has 254 valence electrons. The van der Waals surface area contributed by atoms with Crippen LogP contribution < -0.4 is 20.3 Å². The Hall–Kier alpha value is -5.38. The standard InChI is InChI=1S/C32H31ClF3N11O2/c1-46-18-24(33)28(45-46)27-23(32(34,35)36)15-39-29(44-27)43-21-8-10-22(11-9-21)47(31(48)42-12-19-6-4-3-5-7-19)26-17-37-25(16-38-26)20-13-40-30(49-2)41-14-20/h3-7,13-18,21-22H,8-12H2,1-2H3,(H,42,48)(H,39,43,44). The average Bonchev–Trinajstić information content (AvgIpc) is 3.45. The number of carbonyl (C=O) groups excluding carboxylic acids is 1. The number of hydrogen-bond donors (Lipinski definition) is 2. The smallest absolute Gasteiger partial charge is 0.420 e. The van der Waals surface area contributed by atoms with Crippen LogP contribution in [-0.2, 0) is 19.8 Å². The SMILES string of the molecule is COc1ncc(-c2cnc(N(C(=O)NCc3ccccc3)C3CCC(Nc4ncc(C(F)(F)F)c(-c5nn(C)cc5Cl)n4)CC3)cn2)cn1. The Morgan fingerprint density at radius 3 is 2.33 bits per heavy atom. The van der Waals surface area contributed by atoms with Crippen molar-refractivity contribution in [2.75, 3.05) is 17.3 Å². The summed E-state index contributed by atoms with van der Waals surface area (Å²) in [6, 6.07) is 9.02. The lowest BCUT2D eigenvalue weighted by atomic mass is 9.90. The maximum absolute atomic E-state index is 13.8. The van der Waals surface area contributed by atoms with Crippen molar-refractivity contribution in [1.82, 2.24) is 45.0 Å². The molecule has 5 aromatic rings. The van der Waals surface area contributed by atoms with Gasteiger partial charge in [0.1, 0.15) is 17.0 Å². The Bertz CT molecular complexity index is 1880. The summed E-state index contributed by atoms with van der Waals surface area (Å²) in [7, 11) is 3.03. The van der Waals surface area contributed by atoms with Crippen LogP contribution in [0.1, 0.15) is 36.8 Å². The van der Waals surface area contributed by atoms with Gasteiger partial charge in [-0.15, -0.1) is 0 Å². The summed E-state index contributed by atoms with van der Waals surface area (Å²) < 4.78 is 47.9. The topological polar surface area (TPSA) is 149 Å². The third-order valence-electron chi connectivity index (χ3n) is 7.99. The molecule has 1 aliphatic carbocycles. The number of urea groups is 1. The lowest BCUT2D eigenvalue weighted by molar-refractivity contribution is -0.137. The number of amides is 2. The summed E-state index contributed by atoms with van der Waals surface area (Å²) in [6.45, 7) is 0.315. The molecule has 0 saturated heterocycles. The van der Waals surface area contributed by atoms with E-state index in [1.807, 2.05) is 30.3 Å². The van der Waals surface area contributed by atoms with Crippen LogP contribution in [0.3, 0.4) is 0 Å². The van der Waals surface area contributed by atoms with Crippen molar-refractivity contribution in [3.63, 3.8) is 0 Å². The first-order chi connectivity index (χ1) is 23.6. The van der Waals surface area contributed by atoms with E-state index < -0.39 is 17.4 Å². The Balaban J connectivity index is 1.19. The normalized spacial score (nSPS) is 16.2. The van der Waals surface area contributed by atoms with Crippen LogP contribution in [0.2, 0.25) is 5.02 Å². The summed E-state index contributed by atoms with van der Waals surface area (Å²) in [5, 5.41) is 10.3. The van der Waals surface area contributed by atoms with Crippen LogP contribution in [0.5, 0.6) is 6.01 Å². The van der Waals surface area contributed by atoms with Crippen molar-refractivity contribution in [3.05, 3.63) is 83.7 Å². The number of carbonyl (C=O) groups is 1. The largest absolute Gasteiger partial charge is 0.467 e. The zero-order chi connectivity index (χ0) is 34.5. The number of benzene rings is 1. The second kappa shape index (κ2) is 14.4. The third-order valence-corrected chi connectivity index (χ3v) is 8.27. The minimum absolute atomic E-state index is 0.0228. The van der Waals surface area contributed by atoms with E-state index in [0.29, 0.717) is 49.3 Å². The molecule has 6 rings (SSSR count). The van der Waals surface area contributed by atoms with Crippen LogP contribution >= 0.6 is 11.6 Å². The molecule has 1 aliphatic rings. The predicted octanol–water partition coefficient (Wildman–Crippen LogP) is 5.94. The van der Waals surface area contributed by atoms with Crippen molar-refractivity contribution in [2.24, 2.45) is 7.05 Å². The first-order valence-corrected chi connectivity index (χ1v) is 15.7. The summed E-state index contributed by atoms with van der Waals surface area (Å²) in [5.74, 6) is 0.387. The van der Waals surface area contributed by atoms with Gasteiger partial charge in [0.15, 0.2) is 5.82 Å². The van der Waals surface area contributed by atoms with E-state index in [1.54, 1.807) is 30.5 Å². The summed E-state index contributed by atoms with van der Waals surface area (Å²) >= 11 is 6.19. The van der Waals surface area contributed by atoms with Gasteiger partial charge in [-0.2, -0.15) is 18.3 Å². The maximum Gasteiger partial charge on any atom is 0.420 e. The van der Waals surface area contributed by atoms with Gasteiger partial charge in [0.2, 0.25) is 5.95 Å². The molecule has 1 aromatic carbocycles. The second-order valence-corrected chi connectivity index (χ2v) is 11.7. The van der Waals surface area contributed by atoms with Gasteiger partial charge in [-0.3, -0.25) is 14.6 Å². The number of ether oxygens (including phenoxy) is 1. The lowest BCUT2D eigenvalue weighted by Gasteiger charge is -2.36. The van der Waals surface area contributed by atoms with E-state index in [1.165, 1.54) is 24.2 Å². The molecule has 2 N–H and O–H groups in total. The van der Waals surface area contributed by atoms with Gasteiger partial charge in [-0.25, -0.2) is 29.7 Å². The van der Waals surface area contributed by atoms with Gasteiger partial charge in [0.05, 0.1) is 30.2 Å². The van der Waals surface area contributed by atoms with Crippen molar-refractivity contribution in [1.29, 1.82) is 0 Å². The van der Waals surface area contributed by atoms with Gasteiger partial charge >= 0.3 is 18.2 Å². The van der Waals surface area contributed by atoms with E-state index >= 15 is 0 Å². The summed E-state index contributed by atoms with van der Waals surface area (Å²) in [6.07, 6.45) is 5.94. The van der Waals surface area contributed by atoms with Gasteiger partial charge in [-0.1, -0.05) is 41.9 Å².